The lowest BCUT2D eigenvalue weighted by Crippen LogP contribution is -2.29. The number of hydrogen-bond acceptors (Lipinski definition) is 1. The van der Waals surface area contributed by atoms with Crippen molar-refractivity contribution >= 4 is 17.5 Å². The number of alkyl halides is 1. The Labute approximate surface area is 87.1 Å². The van der Waals surface area contributed by atoms with E-state index >= 15 is 0 Å². The minimum Gasteiger partial charge on any atom is -0.350 e. The maximum Gasteiger partial charge on any atom is 0.254 e. The Hall–Kier alpha value is -1.09. The van der Waals surface area contributed by atoms with Gasteiger partial charge in [0.1, 0.15) is 5.82 Å². The molecule has 1 amide bonds. The van der Waals surface area contributed by atoms with E-state index in [9.17, 15) is 9.18 Å². The fourth-order valence-electron chi connectivity index (χ4n) is 0.974. The van der Waals surface area contributed by atoms with Crippen LogP contribution < -0.4 is 5.32 Å². The van der Waals surface area contributed by atoms with E-state index in [1.54, 1.807) is 13.0 Å². The molecule has 1 atom stereocenters. The van der Waals surface area contributed by atoms with Crippen molar-refractivity contribution in [3.63, 3.8) is 0 Å². The highest BCUT2D eigenvalue weighted by atomic mass is 35.5. The van der Waals surface area contributed by atoms with Gasteiger partial charge in [0.2, 0.25) is 0 Å². The fourth-order valence-corrected chi connectivity index (χ4v) is 1.05. The first-order valence-corrected chi connectivity index (χ1v) is 4.71. The molecule has 0 heterocycles. The predicted molar refractivity (Wildman–Crippen MR) is 54.0 cm³/mol. The molecule has 0 aliphatic heterocycles. The zero-order chi connectivity index (χ0) is 10.6. The van der Waals surface area contributed by atoms with E-state index in [-0.39, 0.29) is 10.9 Å². The summed E-state index contributed by atoms with van der Waals surface area (Å²) in [5.74, 6) is -0.956. The molecule has 76 valence electrons. The quantitative estimate of drug-likeness (QED) is 0.770. The van der Waals surface area contributed by atoms with E-state index in [0.29, 0.717) is 6.54 Å². The number of halogens is 2. The van der Waals surface area contributed by atoms with Gasteiger partial charge >= 0.3 is 0 Å². The topological polar surface area (TPSA) is 29.1 Å². The van der Waals surface area contributed by atoms with Crippen LogP contribution in [0, 0.1) is 5.82 Å². The van der Waals surface area contributed by atoms with E-state index in [2.05, 4.69) is 5.32 Å². The van der Waals surface area contributed by atoms with Gasteiger partial charge < -0.3 is 5.32 Å². The lowest BCUT2D eigenvalue weighted by atomic mass is 10.2. The van der Waals surface area contributed by atoms with Gasteiger partial charge in [-0.15, -0.1) is 11.6 Å². The first-order valence-electron chi connectivity index (χ1n) is 4.28. The molecule has 1 aromatic carbocycles. The van der Waals surface area contributed by atoms with Crippen molar-refractivity contribution in [1.29, 1.82) is 0 Å². The second-order valence-corrected chi connectivity index (χ2v) is 3.72. The van der Waals surface area contributed by atoms with Gasteiger partial charge in [0.15, 0.2) is 0 Å². The molecule has 1 rings (SSSR count). The van der Waals surface area contributed by atoms with Crippen LogP contribution in [0.5, 0.6) is 0 Å². The highest BCUT2D eigenvalue weighted by Gasteiger charge is 2.10. The molecule has 1 N–H and O–H groups in total. The Balaban J connectivity index is 2.65. The van der Waals surface area contributed by atoms with Crippen molar-refractivity contribution in [2.45, 2.75) is 12.3 Å². The van der Waals surface area contributed by atoms with Crippen LogP contribution in [-0.2, 0) is 0 Å². The van der Waals surface area contributed by atoms with Crippen LogP contribution in [0.25, 0.3) is 0 Å². The molecule has 0 spiro atoms. The first-order chi connectivity index (χ1) is 6.61. The van der Waals surface area contributed by atoms with Crippen LogP contribution in [0.2, 0.25) is 0 Å². The molecule has 14 heavy (non-hydrogen) atoms. The van der Waals surface area contributed by atoms with Crippen LogP contribution in [0.1, 0.15) is 17.3 Å². The Kier molecular flexibility index (Phi) is 3.89. The van der Waals surface area contributed by atoms with Gasteiger partial charge in [-0.25, -0.2) is 4.39 Å². The van der Waals surface area contributed by atoms with Gasteiger partial charge in [-0.1, -0.05) is 12.1 Å². The van der Waals surface area contributed by atoms with Gasteiger partial charge in [-0.05, 0) is 19.1 Å². The summed E-state index contributed by atoms with van der Waals surface area (Å²) < 4.78 is 13.1. The molecule has 0 saturated heterocycles. The summed E-state index contributed by atoms with van der Waals surface area (Å²) in [4.78, 5) is 11.4. The van der Waals surface area contributed by atoms with E-state index in [1.807, 2.05) is 0 Å². The van der Waals surface area contributed by atoms with Gasteiger partial charge in [-0.2, -0.15) is 0 Å². The number of hydrogen-bond donors (Lipinski definition) is 1. The molecule has 0 bridgehead atoms. The van der Waals surface area contributed by atoms with Gasteiger partial charge in [0.25, 0.3) is 5.91 Å². The van der Waals surface area contributed by atoms with Crippen LogP contribution in [-0.4, -0.2) is 17.8 Å². The molecule has 0 saturated carbocycles. The van der Waals surface area contributed by atoms with Gasteiger partial charge in [-0.3, -0.25) is 4.79 Å². The molecule has 0 fully saturated rings. The summed E-state index contributed by atoms with van der Waals surface area (Å²) in [5.41, 5.74) is 0.0461. The summed E-state index contributed by atoms with van der Waals surface area (Å²) in [6.45, 7) is 2.08. The number of amides is 1. The van der Waals surface area contributed by atoms with E-state index in [4.69, 9.17) is 11.6 Å². The van der Waals surface area contributed by atoms with Crippen molar-refractivity contribution in [1.82, 2.24) is 5.32 Å². The highest BCUT2D eigenvalue weighted by Crippen LogP contribution is 2.05. The third-order valence-corrected chi connectivity index (χ3v) is 1.82. The summed E-state index contributed by atoms with van der Waals surface area (Å²) in [6.07, 6.45) is 0. The average Bonchev–Trinajstić information content (AvgIpc) is 2.15. The zero-order valence-corrected chi connectivity index (χ0v) is 8.51. The Morgan fingerprint density at radius 2 is 2.21 bits per heavy atom. The van der Waals surface area contributed by atoms with E-state index in [1.165, 1.54) is 18.2 Å². The SMILES string of the molecule is CC(Cl)CNC(=O)c1ccccc1F. The Bertz CT molecular complexity index is 328. The van der Waals surface area contributed by atoms with Crippen LogP contribution >= 0.6 is 11.6 Å². The van der Waals surface area contributed by atoms with E-state index < -0.39 is 11.7 Å². The largest absolute Gasteiger partial charge is 0.350 e. The molecule has 1 aromatic rings. The zero-order valence-electron chi connectivity index (χ0n) is 7.76. The monoisotopic (exact) mass is 215 g/mol. The molecule has 1 unspecified atom stereocenters. The second kappa shape index (κ2) is 4.96. The number of rotatable bonds is 3. The second-order valence-electron chi connectivity index (χ2n) is 2.97. The first kappa shape index (κ1) is 11.0. The summed E-state index contributed by atoms with van der Waals surface area (Å²) in [7, 11) is 0. The Morgan fingerprint density at radius 3 is 2.79 bits per heavy atom. The van der Waals surface area contributed by atoms with Crippen LogP contribution in [0.3, 0.4) is 0 Å². The average molecular weight is 216 g/mol. The normalized spacial score (nSPS) is 12.2. The predicted octanol–water partition coefficient (Wildman–Crippen LogP) is 2.18. The molecule has 0 radical (unpaired) electrons. The lowest BCUT2D eigenvalue weighted by Gasteiger charge is -2.06. The summed E-state index contributed by atoms with van der Waals surface area (Å²) >= 11 is 5.64. The standard InChI is InChI=1S/C10H11ClFNO/c1-7(11)6-13-10(14)8-4-2-3-5-9(8)12/h2-5,7H,6H2,1H3,(H,13,14). The highest BCUT2D eigenvalue weighted by molar-refractivity contribution is 6.20. The smallest absolute Gasteiger partial charge is 0.254 e. The Morgan fingerprint density at radius 1 is 1.57 bits per heavy atom. The van der Waals surface area contributed by atoms with Crippen molar-refractivity contribution in [2.24, 2.45) is 0 Å². The molecule has 2 nitrogen and oxygen atoms in total. The van der Waals surface area contributed by atoms with Crippen molar-refractivity contribution in [2.75, 3.05) is 6.54 Å². The summed E-state index contributed by atoms with van der Waals surface area (Å²) in [5, 5.41) is 2.37. The van der Waals surface area contributed by atoms with Crippen molar-refractivity contribution in [3.05, 3.63) is 35.6 Å². The number of carbonyl (C=O) groups is 1. The third kappa shape index (κ3) is 3.00. The van der Waals surface area contributed by atoms with Crippen molar-refractivity contribution < 1.29 is 9.18 Å². The molecule has 4 heteroatoms. The lowest BCUT2D eigenvalue weighted by molar-refractivity contribution is 0.0950. The molecular formula is C10H11ClFNO. The van der Waals surface area contributed by atoms with Gasteiger partial charge in [0.05, 0.1) is 5.56 Å². The van der Waals surface area contributed by atoms with Crippen LogP contribution in [0.15, 0.2) is 24.3 Å². The minimum atomic E-state index is -0.521. The third-order valence-electron chi connectivity index (χ3n) is 1.66. The molecule has 0 aromatic heterocycles. The maximum atomic E-state index is 13.1. The van der Waals surface area contributed by atoms with Crippen LogP contribution in [0.4, 0.5) is 4.39 Å². The van der Waals surface area contributed by atoms with Crippen molar-refractivity contribution in [3.8, 4) is 0 Å². The van der Waals surface area contributed by atoms with E-state index in [0.717, 1.165) is 0 Å². The maximum absolute atomic E-state index is 13.1. The number of carbonyl (C=O) groups excluding carboxylic acids is 1. The fraction of sp³-hybridized carbons (Fsp3) is 0.300. The molecular weight excluding hydrogens is 205 g/mol. The summed E-state index contributed by atoms with van der Waals surface area (Å²) in [6, 6.07) is 5.83. The number of nitrogens with one attached hydrogen (secondary N) is 1. The molecule has 0 aliphatic rings. The number of benzene rings is 1. The molecule has 0 aliphatic carbocycles. The minimum absolute atomic E-state index is 0.0461. The van der Waals surface area contributed by atoms with Gasteiger partial charge in [0, 0.05) is 11.9 Å².